The molecule has 136 valence electrons. The van der Waals surface area contributed by atoms with E-state index in [0.717, 1.165) is 42.9 Å². The first-order chi connectivity index (χ1) is 12.6. The van der Waals surface area contributed by atoms with Crippen LogP contribution in [-0.4, -0.2) is 50.8 Å². The minimum Gasteiger partial charge on any atom is -0.342 e. The third-order valence-corrected chi connectivity index (χ3v) is 5.49. The molecule has 6 nitrogen and oxygen atoms in total. The van der Waals surface area contributed by atoms with Crippen LogP contribution in [0.15, 0.2) is 36.7 Å². The van der Waals surface area contributed by atoms with E-state index in [2.05, 4.69) is 4.98 Å². The van der Waals surface area contributed by atoms with Gasteiger partial charge in [-0.25, -0.2) is 4.98 Å². The number of fused-ring (bicyclic) bond motifs is 1. The highest BCUT2D eigenvalue weighted by Crippen LogP contribution is 2.26. The summed E-state index contributed by atoms with van der Waals surface area (Å²) in [7, 11) is 2.00. The number of rotatable bonds is 4. The van der Waals surface area contributed by atoms with Crippen molar-refractivity contribution in [2.45, 2.75) is 31.7 Å². The molecule has 26 heavy (non-hydrogen) atoms. The Morgan fingerprint density at radius 3 is 2.92 bits per heavy atom. The highest BCUT2D eigenvalue weighted by atomic mass is 16.2. The average molecular weight is 352 g/mol. The van der Waals surface area contributed by atoms with Crippen molar-refractivity contribution in [2.24, 2.45) is 7.05 Å². The van der Waals surface area contributed by atoms with E-state index >= 15 is 0 Å². The molecule has 3 heterocycles. The molecule has 1 fully saturated rings. The van der Waals surface area contributed by atoms with Crippen molar-refractivity contribution in [1.82, 2.24) is 19.4 Å². The lowest BCUT2D eigenvalue weighted by atomic mass is 9.97. The highest BCUT2D eigenvalue weighted by molar-refractivity contribution is 5.98. The van der Waals surface area contributed by atoms with Crippen LogP contribution >= 0.6 is 0 Å². The smallest absolute Gasteiger partial charge is 0.254 e. The second-order valence-corrected chi connectivity index (χ2v) is 7.21. The van der Waals surface area contributed by atoms with Crippen LogP contribution in [0, 0.1) is 0 Å². The summed E-state index contributed by atoms with van der Waals surface area (Å²) < 4.78 is 2.04. The lowest BCUT2D eigenvalue weighted by Gasteiger charge is -2.33. The summed E-state index contributed by atoms with van der Waals surface area (Å²) in [5.74, 6) is 1.52. The minimum absolute atomic E-state index is 0.0398. The number of hydrogen-bond acceptors (Lipinski definition) is 3. The molecule has 1 aromatic heterocycles. The Labute approximate surface area is 153 Å². The maximum Gasteiger partial charge on any atom is 0.254 e. The van der Waals surface area contributed by atoms with Gasteiger partial charge in [0.1, 0.15) is 5.82 Å². The monoisotopic (exact) mass is 352 g/mol. The van der Waals surface area contributed by atoms with Crippen molar-refractivity contribution in [3.05, 3.63) is 53.6 Å². The summed E-state index contributed by atoms with van der Waals surface area (Å²) in [5.41, 5.74) is 1.82. The third-order valence-electron chi connectivity index (χ3n) is 5.49. The summed E-state index contributed by atoms with van der Waals surface area (Å²) in [6.07, 6.45) is 6.21. The van der Waals surface area contributed by atoms with Crippen LogP contribution in [0.3, 0.4) is 0 Å². The number of piperidine rings is 1. The van der Waals surface area contributed by atoms with E-state index in [-0.39, 0.29) is 11.8 Å². The quantitative estimate of drug-likeness (QED) is 0.847. The highest BCUT2D eigenvalue weighted by Gasteiger charge is 2.29. The zero-order valence-electron chi connectivity index (χ0n) is 15.1. The Morgan fingerprint density at radius 1 is 1.31 bits per heavy atom. The summed E-state index contributed by atoms with van der Waals surface area (Å²) in [6.45, 7) is 2.61. The van der Waals surface area contributed by atoms with Crippen LogP contribution in [0.4, 0.5) is 0 Å². The van der Waals surface area contributed by atoms with Crippen molar-refractivity contribution in [1.29, 1.82) is 0 Å². The molecule has 2 aliphatic heterocycles. The van der Waals surface area contributed by atoms with Gasteiger partial charge < -0.3 is 14.4 Å². The molecule has 1 atom stereocenters. The number of likely N-dealkylation sites (tertiary alicyclic amines) is 1. The van der Waals surface area contributed by atoms with Crippen LogP contribution in [0.1, 0.15) is 46.9 Å². The second-order valence-electron chi connectivity index (χ2n) is 7.21. The van der Waals surface area contributed by atoms with Gasteiger partial charge in [-0.2, -0.15) is 0 Å². The summed E-state index contributed by atoms with van der Waals surface area (Å²) >= 11 is 0. The number of aryl methyl sites for hydroxylation is 1. The molecule has 0 aliphatic carbocycles. The fourth-order valence-corrected chi connectivity index (χ4v) is 4.07. The number of benzene rings is 1. The Kier molecular flexibility index (Phi) is 4.49. The molecule has 1 aromatic carbocycles. The van der Waals surface area contributed by atoms with Crippen LogP contribution in [-0.2, 0) is 18.4 Å². The predicted octanol–water partition coefficient (Wildman–Crippen LogP) is 2.17. The van der Waals surface area contributed by atoms with Crippen LogP contribution in [0.25, 0.3) is 0 Å². The van der Waals surface area contributed by atoms with Gasteiger partial charge in [0.05, 0.1) is 0 Å². The normalized spacial score (nSPS) is 19.7. The average Bonchev–Trinajstić information content (AvgIpc) is 3.23. The maximum atomic E-state index is 12.7. The standard InChI is InChI=1S/C20H24N4O2/c1-22-12-9-21-19(22)16-6-4-10-23(14-16)18(25)8-11-24-13-15-5-2-3-7-17(15)20(24)26/h2-3,5,7,9,12,16H,4,6,8,10-11,13-14H2,1H3. The number of amides is 2. The van der Waals surface area contributed by atoms with Crippen molar-refractivity contribution >= 4 is 11.8 Å². The molecule has 1 saturated heterocycles. The predicted molar refractivity (Wildman–Crippen MR) is 97.6 cm³/mol. The van der Waals surface area contributed by atoms with Gasteiger partial charge >= 0.3 is 0 Å². The molecule has 0 radical (unpaired) electrons. The SMILES string of the molecule is Cn1ccnc1C1CCCN(C(=O)CCN2Cc3ccccc3C2=O)C1. The third kappa shape index (κ3) is 3.11. The maximum absolute atomic E-state index is 12.7. The van der Waals surface area contributed by atoms with E-state index in [1.165, 1.54) is 0 Å². The summed E-state index contributed by atoms with van der Waals surface area (Å²) in [5, 5.41) is 0. The zero-order valence-corrected chi connectivity index (χ0v) is 15.1. The molecule has 2 aromatic rings. The Balaban J connectivity index is 1.34. The number of hydrogen-bond donors (Lipinski definition) is 0. The number of carbonyl (C=O) groups excluding carboxylic acids is 2. The van der Waals surface area contributed by atoms with E-state index in [9.17, 15) is 9.59 Å². The van der Waals surface area contributed by atoms with Crippen molar-refractivity contribution in [2.75, 3.05) is 19.6 Å². The van der Waals surface area contributed by atoms with Gasteiger partial charge in [0, 0.05) is 63.5 Å². The zero-order chi connectivity index (χ0) is 18.1. The molecule has 0 bridgehead atoms. The number of carbonyl (C=O) groups is 2. The molecule has 2 aliphatic rings. The topological polar surface area (TPSA) is 58.4 Å². The summed E-state index contributed by atoms with van der Waals surface area (Å²) in [4.78, 5) is 33.3. The van der Waals surface area contributed by atoms with Gasteiger partial charge in [0.2, 0.25) is 5.91 Å². The Hall–Kier alpha value is -2.63. The fraction of sp³-hybridized carbons (Fsp3) is 0.450. The first-order valence-corrected chi connectivity index (χ1v) is 9.25. The second kappa shape index (κ2) is 6.94. The van der Waals surface area contributed by atoms with Crippen molar-refractivity contribution < 1.29 is 9.59 Å². The Bertz CT molecular complexity index is 829. The molecular weight excluding hydrogens is 328 g/mol. The van der Waals surface area contributed by atoms with E-state index in [0.29, 0.717) is 25.4 Å². The molecular formula is C20H24N4O2. The first-order valence-electron chi connectivity index (χ1n) is 9.25. The van der Waals surface area contributed by atoms with Crippen LogP contribution in [0.2, 0.25) is 0 Å². The van der Waals surface area contributed by atoms with Gasteiger partial charge in [0.25, 0.3) is 5.91 Å². The molecule has 0 saturated carbocycles. The largest absolute Gasteiger partial charge is 0.342 e. The molecule has 0 spiro atoms. The first kappa shape index (κ1) is 16.8. The van der Waals surface area contributed by atoms with E-state index in [4.69, 9.17) is 0 Å². The molecule has 4 rings (SSSR count). The molecule has 2 amide bonds. The molecule has 1 unspecified atom stereocenters. The molecule has 6 heteroatoms. The van der Waals surface area contributed by atoms with E-state index in [1.807, 2.05) is 53.2 Å². The lowest BCUT2D eigenvalue weighted by Crippen LogP contribution is -2.41. The minimum atomic E-state index is 0.0398. The summed E-state index contributed by atoms with van der Waals surface area (Å²) in [6, 6.07) is 7.68. The van der Waals surface area contributed by atoms with Gasteiger partial charge in [-0.05, 0) is 24.5 Å². The van der Waals surface area contributed by atoms with E-state index < -0.39 is 0 Å². The molecule has 0 N–H and O–H groups in total. The van der Waals surface area contributed by atoms with Crippen molar-refractivity contribution in [3.8, 4) is 0 Å². The van der Waals surface area contributed by atoms with Gasteiger partial charge in [-0.15, -0.1) is 0 Å². The fourth-order valence-electron chi connectivity index (χ4n) is 4.07. The van der Waals surface area contributed by atoms with Crippen LogP contribution < -0.4 is 0 Å². The van der Waals surface area contributed by atoms with E-state index in [1.54, 1.807) is 4.90 Å². The lowest BCUT2D eigenvalue weighted by molar-refractivity contribution is -0.132. The van der Waals surface area contributed by atoms with Crippen molar-refractivity contribution in [3.63, 3.8) is 0 Å². The number of aromatic nitrogens is 2. The number of nitrogens with zero attached hydrogens (tertiary/aromatic N) is 4. The van der Waals surface area contributed by atoms with Gasteiger partial charge in [-0.1, -0.05) is 18.2 Å². The van der Waals surface area contributed by atoms with Gasteiger partial charge in [-0.3, -0.25) is 9.59 Å². The van der Waals surface area contributed by atoms with Crippen LogP contribution in [0.5, 0.6) is 0 Å². The van der Waals surface area contributed by atoms with Gasteiger partial charge in [0.15, 0.2) is 0 Å². The Morgan fingerprint density at radius 2 is 2.15 bits per heavy atom. The number of imidazole rings is 1.